The maximum Gasteiger partial charge on any atom is 0.422 e. The number of rotatable bonds is 5. The van der Waals surface area contributed by atoms with Crippen molar-refractivity contribution < 1.29 is 55.0 Å². The van der Waals surface area contributed by atoms with Gasteiger partial charge in [-0.2, -0.15) is 31.4 Å². The highest BCUT2D eigenvalue weighted by Gasteiger charge is 2.38. The van der Waals surface area contributed by atoms with Gasteiger partial charge >= 0.3 is 35.4 Å². The number of esters is 2. The Bertz CT molecular complexity index is 904. The summed E-state index contributed by atoms with van der Waals surface area (Å²) >= 11 is 4.48. The van der Waals surface area contributed by atoms with Crippen LogP contribution in [0.2, 0.25) is 0 Å². The zero-order valence-electron chi connectivity index (χ0n) is 18.5. The summed E-state index contributed by atoms with van der Waals surface area (Å²) in [4.78, 5) is 45.1. The molecule has 1 fully saturated rings. The van der Waals surface area contributed by atoms with E-state index in [1.807, 2.05) is 13.8 Å². The summed E-state index contributed by atoms with van der Waals surface area (Å²) in [5.74, 6) is -4.07. The molecule has 1 aliphatic rings. The van der Waals surface area contributed by atoms with Crippen molar-refractivity contribution >= 4 is 34.7 Å². The number of amides is 1. The largest absolute Gasteiger partial charge is 0.449 e. The van der Waals surface area contributed by atoms with Crippen LogP contribution in [0.1, 0.15) is 38.4 Å². The van der Waals surface area contributed by atoms with Gasteiger partial charge in [0.15, 0.2) is 13.2 Å². The molecule has 1 aromatic rings. The lowest BCUT2D eigenvalue weighted by atomic mass is 9.92. The smallest absolute Gasteiger partial charge is 0.422 e. The number of hydrogen-bond acceptors (Lipinski definition) is 7. The molecule has 2 unspecified atom stereocenters. The fourth-order valence-electron chi connectivity index (χ4n) is 3.11. The van der Waals surface area contributed by atoms with Gasteiger partial charge in [0.05, 0.1) is 11.7 Å². The number of alkyl halides is 6. The number of halogens is 7. The quantitative estimate of drug-likeness (QED) is 0.246. The van der Waals surface area contributed by atoms with Crippen molar-refractivity contribution in [2.45, 2.75) is 51.6 Å². The minimum absolute atomic E-state index is 0.151. The molecule has 0 aliphatic carbocycles. The van der Waals surface area contributed by atoms with E-state index in [0.29, 0.717) is 19.5 Å². The molecule has 1 aromatic heterocycles. The molecule has 9 nitrogen and oxygen atoms in total. The highest BCUT2D eigenvalue weighted by molar-refractivity contribution is 6.80. The molecule has 0 N–H and O–H groups in total. The fraction of sp³-hybridized carbons (Fsp3) is 0.632. The van der Waals surface area contributed by atoms with E-state index in [4.69, 9.17) is 0 Å². The molecule has 2 heterocycles. The second kappa shape index (κ2) is 12.7. The number of carbonyl (C=O) groups excluding carboxylic acids is 4. The molecule has 0 bridgehead atoms. The maximum atomic E-state index is 12.3. The monoisotopic (exact) mass is 537 g/mol. The zero-order valence-corrected chi connectivity index (χ0v) is 19.2. The highest BCUT2D eigenvalue weighted by Crippen LogP contribution is 2.33. The minimum Gasteiger partial charge on any atom is -0.449 e. The molecule has 1 amide bonds. The SMILES string of the molecule is CCn1nccc1C1CCC(C)CN1C(=O)C(=O)OCC(F)(F)F.O=C(Cl)C(=O)OCC(F)(F)F. The summed E-state index contributed by atoms with van der Waals surface area (Å²) in [6, 6.07) is 1.36. The normalized spacial score (nSPS) is 18.3. The van der Waals surface area contributed by atoms with Crippen LogP contribution in [-0.2, 0) is 35.2 Å². The van der Waals surface area contributed by atoms with Crippen molar-refractivity contribution in [1.29, 1.82) is 0 Å². The Morgan fingerprint density at radius 3 is 2.06 bits per heavy atom. The van der Waals surface area contributed by atoms with E-state index in [0.717, 1.165) is 12.1 Å². The number of aromatic nitrogens is 2. The van der Waals surface area contributed by atoms with Crippen LogP contribution in [0.15, 0.2) is 12.3 Å². The van der Waals surface area contributed by atoms with Gasteiger partial charge in [0.25, 0.3) is 0 Å². The highest BCUT2D eigenvalue weighted by atomic mass is 35.5. The van der Waals surface area contributed by atoms with Gasteiger partial charge in [-0.05, 0) is 43.4 Å². The van der Waals surface area contributed by atoms with E-state index in [2.05, 4.69) is 26.2 Å². The van der Waals surface area contributed by atoms with E-state index in [1.54, 1.807) is 16.9 Å². The number of aryl methyl sites for hydroxylation is 1. The van der Waals surface area contributed by atoms with Gasteiger partial charge in [-0.25, -0.2) is 9.59 Å². The number of nitrogens with zero attached hydrogens (tertiary/aromatic N) is 3. The van der Waals surface area contributed by atoms with E-state index in [1.165, 1.54) is 4.90 Å². The zero-order chi connectivity index (χ0) is 27.0. The van der Waals surface area contributed by atoms with Gasteiger partial charge in [-0.15, -0.1) is 0 Å². The van der Waals surface area contributed by atoms with Crippen LogP contribution in [0.25, 0.3) is 0 Å². The van der Waals surface area contributed by atoms with Crippen molar-refractivity contribution in [3.05, 3.63) is 18.0 Å². The van der Waals surface area contributed by atoms with Crippen LogP contribution in [0.3, 0.4) is 0 Å². The van der Waals surface area contributed by atoms with E-state index in [-0.39, 0.29) is 5.92 Å². The predicted octanol–water partition coefficient (Wildman–Crippen LogP) is 3.17. The average molecular weight is 538 g/mol. The number of hydrogen-bond donors (Lipinski definition) is 0. The maximum absolute atomic E-state index is 12.3. The van der Waals surface area contributed by atoms with Crippen LogP contribution < -0.4 is 0 Å². The molecule has 0 saturated carbocycles. The summed E-state index contributed by atoms with van der Waals surface area (Å²) in [6.45, 7) is 1.14. The predicted molar refractivity (Wildman–Crippen MR) is 106 cm³/mol. The Kier molecular flexibility index (Phi) is 11.0. The minimum atomic E-state index is -4.66. The molecule has 35 heavy (non-hydrogen) atoms. The number of ether oxygens (including phenoxy) is 2. The first kappa shape index (κ1) is 30.2. The Morgan fingerprint density at radius 2 is 1.57 bits per heavy atom. The Labute approximate surface area is 200 Å². The lowest BCUT2D eigenvalue weighted by molar-refractivity contribution is -0.190. The van der Waals surface area contributed by atoms with Crippen molar-refractivity contribution in [2.75, 3.05) is 19.8 Å². The fourth-order valence-corrected chi connectivity index (χ4v) is 3.16. The third-order valence-corrected chi connectivity index (χ3v) is 4.69. The van der Waals surface area contributed by atoms with E-state index >= 15 is 0 Å². The van der Waals surface area contributed by atoms with Gasteiger partial charge in [-0.3, -0.25) is 14.3 Å². The van der Waals surface area contributed by atoms with Crippen LogP contribution in [0.5, 0.6) is 0 Å². The van der Waals surface area contributed by atoms with E-state index in [9.17, 15) is 45.5 Å². The van der Waals surface area contributed by atoms with Crippen LogP contribution >= 0.6 is 11.6 Å². The van der Waals surface area contributed by atoms with Gasteiger partial charge in [0.1, 0.15) is 0 Å². The lowest BCUT2D eigenvalue weighted by Crippen LogP contribution is -2.46. The summed E-state index contributed by atoms with van der Waals surface area (Å²) in [6.07, 6.45) is -6.24. The summed E-state index contributed by atoms with van der Waals surface area (Å²) in [5.41, 5.74) is 0.765. The Hall–Kier alpha value is -2.84. The molecule has 0 spiro atoms. The first-order valence-electron chi connectivity index (χ1n) is 10.0. The summed E-state index contributed by atoms with van der Waals surface area (Å²) in [5, 5.41) is 2.58. The van der Waals surface area contributed by atoms with Gasteiger partial charge in [0, 0.05) is 19.3 Å². The molecular weight excluding hydrogens is 516 g/mol. The molecule has 1 saturated heterocycles. The third kappa shape index (κ3) is 10.5. The van der Waals surface area contributed by atoms with Crippen molar-refractivity contribution in [3.8, 4) is 0 Å². The lowest BCUT2D eigenvalue weighted by Gasteiger charge is -2.38. The van der Waals surface area contributed by atoms with Gasteiger partial charge in [0.2, 0.25) is 0 Å². The molecule has 2 rings (SSSR count). The van der Waals surface area contributed by atoms with Gasteiger partial charge in [-0.1, -0.05) is 6.92 Å². The number of piperidine rings is 1. The van der Waals surface area contributed by atoms with Crippen molar-refractivity contribution in [3.63, 3.8) is 0 Å². The number of carbonyl (C=O) groups is 4. The van der Waals surface area contributed by atoms with Crippen LogP contribution in [0.4, 0.5) is 26.3 Å². The first-order valence-corrected chi connectivity index (χ1v) is 10.4. The molecular formula is C19H22ClF6N3O6. The standard InChI is InChI=1S/C15H20F3N3O3.C4H2ClF3O3/c1-3-21-12(6-7-19-21)11-5-4-10(2)8-20(11)13(22)14(23)24-9-15(16,17)18;5-2(9)3(10)11-1-4(6,7)8/h6-7,10-11H,3-5,8-9H2,1-2H3;1H2. The summed E-state index contributed by atoms with van der Waals surface area (Å²) < 4.78 is 79.5. The Balaban J connectivity index is 0.000000471. The van der Waals surface area contributed by atoms with Crippen LogP contribution in [0, 0.1) is 5.92 Å². The second-order valence-electron chi connectivity index (χ2n) is 7.38. The third-order valence-electron chi connectivity index (χ3n) is 4.54. The second-order valence-corrected chi connectivity index (χ2v) is 7.73. The summed E-state index contributed by atoms with van der Waals surface area (Å²) in [7, 11) is 0. The molecule has 2 atom stereocenters. The Morgan fingerprint density at radius 1 is 1.03 bits per heavy atom. The topological polar surface area (TPSA) is 108 Å². The van der Waals surface area contributed by atoms with Gasteiger partial charge < -0.3 is 14.4 Å². The number of likely N-dealkylation sites (tertiary alicyclic amines) is 1. The molecule has 0 aromatic carbocycles. The molecule has 0 radical (unpaired) electrons. The molecule has 16 heteroatoms. The van der Waals surface area contributed by atoms with E-state index < -0.39 is 54.7 Å². The first-order chi connectivity index (χ1) is 16.1. The molecule has 198 valence electrons. The van der Waals surface area contributed by atoms with Crippen molar-refractivity contribution in [2.24, 2.45) is 5.92 Å². The molecule has 1 aliphatic heterocycles. The van der Waals surface area contributed by atoms with Crippen LogP contribution in [-0.4, -0.2) is 69.9 Å². The average Bonchev–Trinajstić information content (AvgIpc) is 3.23. The van der Waals surface area contributed by atoms with Crippen molar-refractivity contribution in [1.82, 2.24) is 14.7 Å².